The van der Waals surface area contributed by atoms with E-state index < -0.39 is 29.2 Å². The highest BCUT2D eigenvalue weighted by Gasteiger charge is 2.53. The van der Waals surface area contributed by atoms with Crippen LogP contribution in [0.15, 0.2) is 53.2 Å². The second-order valence-electron chi connectivity index (χ2n) is 7.77. The van der Waals surface area contributed by atoms with Crippen LogP contribution in [0.2, 0.25) is 0 Å². The number of aliphatic carboxylic acids is 1. The van der Waals surface area contributed by atoms with Crippen LogP contribution >= 0.6 is 11.8 Å². The molecule has 182 valence electrons. The van der Waals surface area contributed by atoms with Crippen molar-refractivity contribution in [3.05, 3.63) is 59.4 Å². The van der Waals surface area contributed by atoms with Gasteiger partial charge in [0, 0.05) is 29.2 Å². The van der Waals surface area contributed by atoms with Crippen molar-refractivity contribution < 1.29 is 28.9 Å². The topological polar surface area (TPSA) is 167 Å². The summed E-state index contributed by atoms with van der Waals surface area (Å²) in [5.41, 5.74) is 6.88. The number of aryl methyl sites for hydroxylation is 1. The Morgan fingerprint density at radius 1 is 1.43 bits per heavy atom. The molecular formula is C22H23N7O5S. The number of amides is 2. The molecule has 4 heterocycles. The molecule has 0 spiro atoms. The number of nitrogens with one attached hydrogen (secondary N) is 1. The van der Waals surface area contributed by atoms with Crippen molar-refractivity contribution >= 4 is 41.1 Å². The van der Waals surface area contributed by atoms with Gasteiger partial charge in [-0.15, -0.1) is 11.8 Å². The van der Waals surface area contributed by atoms with Crippen LogP contribution in [0.3, 0.4) is 0 Å². The number of carbonyl (C=O) groups excluding carboxylic acids is 3. The number of hydrogen-bond donors (Lipinski definition) is 2. The Labute approximate surface area is 204 Å². The first kappa shape index (κ1) is 24.1. The third kappa shape index (κ3) is 4.80. The number of aromatic nitrogens is 3. The average molecular weight is 498 g/mol. The van der Waals surface area contributed by atoms with E-state index >= 15 is 0 Å². The van der Waals surface area contributed by atoms with Gasteiger partial charge in [0.15, 0.2) is 24.8 Å². The molecule has 12 nitrogen and oxygen atoms in total. The fourth-order valence-corrected chi connectivity index (χ4v) is 5.20. The summed E-state index contributed by atoms with van der Waals surface area (Å²) in [6, 6.07) is 4.35. The van der Waals surface area contributed by atoms with Crippen LogP contribution in [0.4, 0.5) is 5.82 Å². The van der Waals surface area contributed by atoms with E-state index in [1.54, 1.807) is 0 Å². The number of carboxylic acid groups (broad SMARTS) is 1. The summed E-state index contributed by atoms with van der Waals surface area (Å²) in [5, 5.41) is 17.7. The van der Waals surface area contributed by atoms with E-state index in [1.807, 2.05) is 36.0 Å². The monoisotopic (exact) mass is 497 g/mol. The lowest BCUT2D eigenvalue weighted by atomic mass is 10.0. The van der Waals surface area contributed by atoms with Crippen molar-refractivity contribution in [2.45, 2.75) is 31.3 Å². The summed E-state index contributed by atoms with van der Waals surface area (Å²) in [6.45, 7) is 2.33. The van der Waals surface area contributed by atoms with E-state index in [9.17, 15) is 19.5 Å². The Kier molecular flexibility index (Phi) is 6.96. The molecule has 2 aromatic rings. The zero-order chi connectivity index (χ0) is 25.1. The molecule has 35 heavy (non-hydrogen) atoms. The first-order valence-electron chi connectivity index (χ1n) is 10.7. The Morgan fingerprint density at radius 2 is 2.23 bits per heavy atom. The molecule has 0 bridgehead atoms. The first-order chi connectivity index (χ1) is 16.8. The number of rotatable bonds is 8. The van der Waals surface area contributed by atoms with Gasteiger partial charge < -0.3 is 25.8 Å². The maximum absolute atomic E-state index is 13.0. The molecule has 13 heteroatoms. The number of fused-ring (bicyclic) bond motifs is 1. The van der Waals surface area contributed by atoms with Crippen LogP contribution in [-0.2, 0) is 32.2 Å². The molecule has 2 aliphatic heterocycles. The van der Waals surface area contributed by atoms with Crippen molar-refractivity contribution in [2.24, 2.45) is 5.16 Å². The van der Waals surface area contributed by atoms with Crippen molar-refractivity contribution in [1.29, 1.82) is 0 Å². The van der Waals surface area contributed by atoms with Gasteiger partial charge in [-0.3, -0.25) is 14.5 Å². The third-order valence-electron chi connectivity index (χ3n) is 5.51. The zero-order valence-corrected chi connectivity index (χ0v) is 19.8. The number of carboxylic acids is 1. The van der Waals surface area contributed by atoms with Crippen LogP contribution in [0, 0.1) is 0 Å². The van der Waals surface area contributed by atoms with E-state index in [0.717, 1.165) is 16.9 Å². The molecule has 1 fully saturated rings. The fourth-order valence-electron chi connectivity index (χ4n) is 3.87. The summed E-state index contributed by atoms with van der Waals surface area (Å²) in [5.74, 6) is -2.36. The lowest BCUT2D eigenvalue weighted by Gasteiger charge is -2.50. The normalized spacial score (nSPS) is 19.7. The second-order valence-corrected chi connectivity index (χ2v) is 8.87. The SMILES string of the molecule is CCc1ccc[n+](CC2=C(C(=O)[O-])N3C(=O)C(NC(=O)/C(=N\OC)c4nccc(N)n4)[C@H]3SC2)c1. The van der Waals surface area contributed by atoms with Crippen LogP contribution < -0.4 is 20.7 Å². The van der Waals surface area contributed by atoms with Crippen LogP contribution in [-0.4, -0.2) is 62.6 Å². The van der Waals surface area contributed by atoms with Gasteiger partial charge in [-0.1, -0.05) is 12.1 Å². The summed E-state index contributed by atoms with van der Waals surface area (Å²) < 4.78 is 1.88. The molecule has 1 unspecified atom stereocenters. The predicted molar refractivity (Wildman–Crippen MR) is 123 cm³/mol. The molecule has 0 aliphatic carbocycles. The van der Waals surface area contributed by atoms with Gasteiger partial charge in [-0.2, -0.15) is 0 Å². The minimum Gasteiger partial charge on any atom is -0.543 e. The number of pyridine rings is 1. The molecule has 3 N–H and O–H groups in total. The predicted octanol–water partition coefficient (Wildman–Crippen LogP) is -1.64. The highest BCUT2D eigenvalue weighted by atomic mass is 32.2. The van der Waals surface area contributed by atoms with Crippen molar-refractivity contribution in [1.82, 2.24) is 20.2 Å². The molecule has 4 rings (SSSR count). The van der Waals surface area contributed by atoms with Gasteiger partial charge in [0.1, 0.15) is 24.3 Å². The number of nitrogen functional groups attached to an aromatic ring is 1. The Balaban J connectivity index is 1.54. The molecule has 0 aromatic carbocycles. The lowest BCUT2D eigenvalue weighted by molar-refractivity contribution is -0.689. The van der Waals surface area contributed by atoms with E-state index in [4.69, 9.17) is 10.6 Å². The molecule has 2 amide bonds. The number of β-lactam (4-membered cyclic amide) rings is 1. The van der Waals surface area contributed by atoms with Crippen molar-refractivity contribution in [2.75, 3.05) is 18.6 Å². The van der Waals surface area contributed by atoms with Crippen LogP contribution in [0.5, 0.6) is 0 Å². The minimum absolute atomic E-state index is 0.0757. The maximum atomic E-state index is 13.0. The Hall–Kier alpha value is -4.00. The standard InChI is InChI=1S/C22H23N7O5S/c1-3-12-5-4-8-28(9-12)10-13-11-35-21-16(20(31)29(21)17(13)22(32)33)26-19(30)15(27-34-2)18-24-7-6-14(23)25-18/h4-9,16,21H,3,10-11H2,1-2H3,(H3-,23,24,25,26,30,32,33)/b27-15-/t16?,21-/m1/s1. The van der Waals surface area contributed by atoms with Gasteiger partial charge >= 0.3 is 0 Å². The molecule has 0 saturated carbocycles. The van der Waals surface area contributed by atoms with Gasteiger partial charge in [0.05, 0.1) is 11.7 Å². The first-order valence-corrected chi connectivity index (χ1v) is 11.8. The molecule has 2 atom stereocenters. The number of anilines is 1. The number of hydrogen-bond acceptors (Lipinski definition) is 10. The van der Waals surface area contributed by atoms with Gasteiger partial charge in [0.2, 0.25) is 5.71 Å². The van der Waals surface area contributed by atoms with E-state index in [2.05, 4.69) is 20.4 Å². The zero-order valence-electron chi connectivity index (χ0n) is 19.0. The summed E-state index contributed by atoms with van der Waals surface area (Å²) in [6.07, 6.45) is 5.97. The number of carbonyl (C=O) groups is 3. The number of nitrogens with two attached hydrogens (primary N) is 1. The Morgan fingerprint density at radius 3 is 2.91 bits per heavy atom. The van der Waals surface area contributed by atoms with E-state index in [1.165, 1.54) is 31.1 Å². The maximum Gasteiger partial charge on any atom is 0.278 e. The second kappa shape index (κ2) is 10.1. The average Bonchev–Trinajstić information content (AvgIpc) is 2.85. The highest BCUT2D eigenvalue weighted by molar-refractivity contribution is 8.00. The van der Waals surface area contributed by atoms with Crippen LogP contribution in [0.25, 0.3) is 0 Å². The van der Waals surface area contributed by atoms with Crippen molar-refractivity contribution in [3.63, 3.8) is 0 Å². The van der Waals surface area contributed by atoms with E-state index in [-0.39, 0.29) is 23.1 Å². The molecule has 2 aliphatic rings. The third-order valence-corrected chi connectivity index (χ3v) is 6.85. The van der Waals surface area contributed by atoms with Crippen molar-refractivity contribution in [3.8, 4) is 0 Å². The number of thioether (sulfide) groups is 1. The van der Waals surface area contributed by atoms with E-state index in [0.29, 0.717) is 17.9 Å². The van der Waals surface area contributed by atoms with Gasteiger partial charge in [-0.25, -0.2) is 14.5 Å². The van der Waals surface area contributed by atoms with Crippen LogP contribution in [0.1, 0.15) is 18.3 Å². The molecule has 1 saturated heterocycles. The Bertz CT molecular complexity index is 1250. The molecule has 0 radical (unpaired) electrons. The smallest absolute Gasteiger partial charge is 0.278 e. The minimum atomic E-state index is -1.44. The number of oxime groups is 1. The van der Waals surface area contributed by atoms with Gasteiger partial charge in [0.25, 0.3) is 11.8 Å². The quantitative estimate of drug-likeness (QED) is 0.188. The fraction of sp³-hybridized carbons (Fsp3) is 0.318. The largest absolute Gasteiger partial charge is 0.543 e. The molecule has 2 aromatic heterocycles. The summed E-state index contributed by atoms with van der Waals surface area (Å²) in [4.78, 5) is 51.7. The highest BCUT2D eigenvalue weighted by Crippen LogP contribution is 2.40. The lowest BCUT2D eigenvalue weighted by Crippen LogP contribution is -2.71. The summed E-state index contributed by atoms with van der Waals surface area (Å²) >= 11 is 1.35. The number of nitrogens with zero attached hydrogens (tertiary/aromatic N) is 5. The summed E-state index contributed by atoms with van der Waals surface area (Å²) in [7, 11) is 1.25. The molecular weight excluding hydrogens is 474 g/mol. The van der Waals surface area contributed by atoms with Gasteiger partial charge in [-0.05, 0) is 18.6 Å².